The first-order valence-electron chi connectivity index (χ1n) is 6.26. The van der Waals surface area contributed by atoms with Gasteiger partial charge in [0.05, 0.1) is 7.05 Å². The second-order valence-electron chi connectivity index (χ2n) is 4.59. The van der Waals surface area contributed by atoms with Gasteiger partial charge in [-0.15, -0.1) is 10.2 Å². The molecule has 1 aromatic rings. The smallest absolute Gasteiger partial charge is 0.174 e. The fraction of sp³-hybridized carbons (Fsp3) is 0.909. The van der Waals surface area contributed by atoms with E-state index in [9.17, 15) is 0 Å². The average Bonchev–Trinajstić information content (AvgIpc) is 3.02. The van der Waals surface area contributed by atoms with Gasteiger partial charge in [0.25, 0.3) is 0 Å². The summed E-state index contributed by atoms with van der Waals surface area (Å²) in [5, 5.41) is 15.6. The lowest BCUT2D eigenvalue weighted by atomic mass is 10.1. The number of hydrogen-bond donors (Lipinski definition) is 1. The molecule has 1 fully saturated rings. The molecule has 5 heteroatoms. The molecule has 2 rings (SSSR count). The number of nitrogens with one attached hydrogen (secondary N) is 1. The van der Waals surface area contributed by atoms with E-state index in [2.05, 4.69) is 27.7 Å². The van der Waals surface area contributed by atoms with Crippen molar-refractivity contribution in [3.8, 4) is 0 Å². The highest BCUT2D eigenvalue weighted by molar-refractivity contribution is 4.87. The Bertz CT molecular complexity index is 318. The van der Waals surface area contributed by atoms with Gasteiger partial charge < -0.3 is 5.32 Å². The third-order valence-corrected chi connectivity index (χ3v) is 3.12. The van der Waals surface area contributed by atoms with Crippen molar-refractivity contribution in [3.63, 3.8) is 0 Å². The van der Waals surface area contributed by atoms with Crippen molar-refractivity contribution in [2.45, 2.75) is 45.1 Å². The number of rotatable bonds is 7. The molecule has 1 heterocycles. The molecule has 1 aliphatic carbocycles. The fourth-order valence-electron chi connectivity index (χ4n) is 2.17. The lowest BCUT2D eigenvalue weighted by Crippen LogP contribution is -2.30. The highest BCUT2D eigenvalue weighted by atomic mass is 15.6. The van der Waals surface area contributed by atoms with Crippen molar-refractivity contribution < 1.29 is 0 Å². The standard InChI is InChI=1S/C11H21N5/c1-3-12-10(9-7-8-9)5-4-6-11-13-15-16(2)14-11/h9-10,12H,3-8H2,1-2H3. The van der Waals surface area contributed by atoms with Gasteiger partial charge in [0.1, 0.15) is 0 Å². The van der Waals surface area contributed by atoms with Crippen LogP contribution < -0.4 is 5.32 Å². The van der Waals surface area contributed by atoms with Crippen LogP contribution in [0.5, 0.6) is 0 Å². The van der Waals surface area contributed by atoms with Crippen molar-refractivity contribution in [3.05, 3.63) is 5.82 Å². The number of nitrogens with zero attached hydrogens (tertiary/aromatic N) is 4. The summed E-state index contributed by atoms with van der Waals surface area (Å²) in [5.41, 5.74) is 0. The third kappa shape index (κ3) is 3.27. The highest BCUT2D eigenvalue weighted by Gasteiger charge is 2.29. The fourth-order valence-corrected chi connectivity index (χ4v) is 2.17. The summed E-state index contributed by atoms with van der Waals surface area (Å²) < 4.78 is 0. The van der Waals surface area contributed by atoms with E-state index in [0.717, 1.165) is 31.1 Å². The Morgan fingerprint density at radius 3 is 2.88 bits per heavy atom. The van der Waals surface area contributed by atoms with E-state index in [-0.39, 0.29) is 0 Å². The summed E-state index contributed by atoms with van der Waals surface area (Å²) in [6.45, 7) is 3.25. The molecule has 1 saturated carbocycles. The summed E-state index contributed by atoms with van der Waals surface area (Å²) in [7, 11) is 1.81. The molecule has 0 amide bonds. The van der Waals surface area contributed by atoms with Crippen LogP contribution in [0.1, 0.15) is 38.4 Å². The minimum atomic E-state index is 0.710. The Labute approximate surface area is 96.6 Å². The zero-order valence-electron chi connectivity index (χ0n) is 10.2. The van der Waals surface area contributed by atoms with Gasteiger partial charge in [-0.1, -0.05) is 6.92 Å². The minimum absolute atomic E-state index is 0.710. The van der Waals surface area contributed by atoms with Crippen LogP contribution >= 0.6 is 0 Å². The topological polar surface area (TPSA) is 55.6 Å². The Morgan fingerprint density at radius 2 is 2.31 bits per heavy atom. The van der Waals surface area contributed by atoms with Gasteiger partial charge in [-0.05, 0) is 43.4 Å². The predicted octanol–water partition coefficient (Wildman–Crippen LogP) is 0.921. The molecule has 0 spiro atoms. The maximum absolute atomic E-state index is 4.19. The number of tetrazole rings is 1. The molecule has 0 aliphatic heterocycles. The lowest BCUT2D eigenvalue weighted by molar-refractivity contribution is 0.432. The molecule has 0 aromatic carbocycles. The molecule has 1 N–H and O–H groups in total. The van der Waals surface area contributed by atoms with Crippen LogP contribution in [0.25, 0.3) is 0 Å². The maximum Gasteiger partial charge on any atom is 0.174 e. The monoisotopic (exact) mass is 223 g/mol. The third-order valence-electron chi connectivity index (χ3n) is 3.12. The van der Waals surface area contributed by atoms with Gasteiger partial charge in [-0.25, -0.2) is 0 Å². The van der Waals surface area contributed by atoms with Gasteiger partial charge in [0.15, 0.2) is 5.82 Å². The quantitative estimate of drug-likeness (QED) is 0.747. The summed E-state index contributed by atoms with van der Waals surface area (Å²) in [6, 6.07) is 0.710. The van der Waals surface area contributed by atoms with E-state index >= 15 is 0 Å². The Balaban J connectivity index is 1.69. The molecule has 90 valence electrons. The van der Waals surface area contributed by atoms with Crippen molar-refractivity contribution in [1.82, 2.24) is 25.5 Å². The van der Waals surface area contributed by atoms with Gasteiger partial charge in [0.2, 0.25) is 0 Å². The molecular weight excluding hydrogens is 202 g/mol. The van der Waals surface area contributed by atoms with Gasteiger partial charge in [-0.3, -0.25) is 0 Å². The first-order valence-corrected chi connectivity index (χ1v) is 6.26. The van der Waals surface area contributed by atoms with Crippen LogP contribution in [0.3, 0.4) is 0 Å². The van der Waals surface area contributed by atoms with Crippen molar-refractivity contribution in [1.29, 1.82) is 0 Å². The molecule has 5 nitrogen and oxygen atoms in total. The van der Waals surface area contributed by atoms with Crippen LogP contribution in [0.2, 0.25) is 0 Å². The second kappa shape index (κ2) is 5.39. The van der Waals surface area contributed by atoms with E-state index in [1.807, 2.05) is 7.05 Å². The van der Waals surface area contributed by atoms with Crippen LogP contribution in [0, 0.1) is 5.92 Å². The van der Waals surface area contributed by atoms with E-state index in [4.69, 9.17) is 0 Å². The average molecular weight is 223 g/mol. The first kappa shape index (κ1) is 11.5. The molecule has 1 atom stereocenters. The number of aromatic nitrogens is 4. The highest BCUT2D eigenvalue weighted by Crippen LogP contribution is 2.34. The zero-order chi connectivity index (χ0) is 11.4. The van der Waals surface area contributed by atoms with Crippen molar-refractivity contribution in [2.24, 2.45) is 13.0 Å². The molecular formula is C11H21N5. The molecule has 1 aromatic heterocycles. The van der Waals surface area contributed by atoms with Crippen LogP contribution in [0.15, 0.2) is 0 Å². The van der Waals surface area contributed by atoms with Crippen LogP contribution in [-0.2, 0) is 13.5 Å². The summed E-state index contributed by atoms with van der Waals surface area (Å²) >= 11 is 0. The SMILES string of the molecule is CCNC(CCCc1nnn(C)n1)C1CC1. The summed E-state index contributed by atoms with van der Waals surface area (Å²) in [4.78, 5) is 1.53. The van der Waals surface area contributed by atoms with Crippen molar-refractivity contribution >= 4 is 0 Å². The van der Waals surface area contributed by atoms with E-state index < -0.39 is 0 Å². The van der Waals surface area contributed by atoms with Crippen LogP contribution in [-0.4, -0.2) is 32.8 Å². The lowest BCUT2D eigenvalue weighted by Gasteiger charge is -2.16. The molecule has 16 heavy (non-hydrogen) atoms. The normalized spacial score (nSPS) is 17.6. The molecule has 1 unspecified atom stereocenters. The van der Waals surface area contributed by atoms with Gasteiger partial charge in [-0.2, -0.15) is 4.80 Å². The second-order valence-corrected chi connectivity index (χ2v) is 4.59. The summed E-state index contributed by atoms with van der Waals surface area (Å²) in [5.74, 6) is 1.79. The Morgan fingerprint density at radius 1 is 1.50 bits per heavy atom. The Kier molecular flexibility index (Phi) is 3.88. The minimum Gasteiger partial charge on any atom is -0.314 e. The Hall–Kier alpha value is -0.970. The van der Waals surface area contributed by atoms with E-state index in [1.54, 1.807) is 0 Å². The maximum atomic E-state index is 4.19. The zero-order valence-corrected chi connectivity index (χ0v) is 10.2. The van der Waals surface area contributed by atoms with Gasteiger partial charge in [0, 0.05) is 12.5 Å². The number of aryl methyl sites for hydroxylation is 2. The van der Waals surface area contributed by atoms with E-state index in [1.165, 1.54) is 24.1 Å². The van der Waals surface area contributed by atoms with Crippen molar-refractivity contribution in [2.75, 3.05) is 6.54 Å². The number of hydrogen-bond acceptors (Lipinski definition) is 4. The van der Waals surface area contributed by atoms with Crippen LogP contribution in [0.4, 0.5) is 0 Å². The van der Waals surface area contributed by atoms with Gasteiger partial charge >= 0.3 is 0 Å². The molecule has 0 radical (unpaired) electrons. The molecule has 0 bridgehead atoms. The summed E-state index contributed by atoms with van der Waals surface area (Å²) in [6.07, 6.45) is 6.14. The molecule has 1 aliphatic rings. The first-order chi connectivity index (χ1) is 7.79. The predicted molar refractivity (Wildman–Crippen MR) is 61.9 cm³/mol. The largest absolute Gasteiger partial charge is 0.314 e. The molecule has 0 saturated heterocycles. The van der Waals surface area contributed by atoms with E-state index in [0.29, 0.717) is 6.04 Å².